The monoisotopic (exact) mass is 302 g/mol. The predicted octanol–water partition coefficient (Wildman–Crippen LogP) is 3.93. The Morgan fingerprint density at radius 2 is 1.73 bits per heavy atom. The summed E-state index contributed by atoms with van der Waals surface area (Å²) >= 11 is 0. The topological polar surface area (TPSA) is 6.48 Å². The summed E-state index contributed by atoms with van der Waals surface area (Å²) in [5.41, 5.74) is 0. The average molecular weight is 303 g/mol. The standard InChI is InChI=1S/C20H34N2/c1-2-11-20-17(7-1)8-5-9-18(20)15-22-14-6-10-19(22)16-21-12-3-4-13-21/h2,11,17-20H,1,3-10,12-16H2/t17?,18?,19-,20?/m0/s1. The lowest BCUT2D eigenvalue weighted by Crippen LogP contribution is -2.44. The Morgan fingerprint density at radius 3 is 2.64 bits per heavy atom. The van der Waals surface area contributed by atoms with Gasteiger partial charge in [-0.2, -0.15) is 0 Å². The van der Waals surface area contributed by atoms with Crippen LogP contribution in [0.2, 0.25) is 0 Å². The van der Waals surface area contributed by atoms with Crippen molar-refractivity contribution in [1.82, 2.24) is 9.80 Å². The van der Waals surface area contributed by atoms with E-state index in [4.69, 9.17) is 0 Å². The minimum absolute atomic E-state index is 0.867. The molecule has 2 aliphatic heterocycles. The van der Waals surface area contributed by atoms with Crippen molar-refractivity contribution < 1.29 is 0 Å². The van der Waals surface area contributed by atoms with Crippen LogP contribution in [-0.2, 0) is 0 Å². The van der Waals surface area contributed by atoms with Crippen LogP contribution in [0.5, 0.6) is 0 Å². The zero-order chi connectivity index (χ0) is 14.8. The van der Waals surface area contributed by atoms with Crippen LogP contribution in [0.1, 0.15) is 57.8 Å². The van der Waals surface area contributed by atoms with Crippen LogP contribution in [0.25, 0.3) is 0 Å². The molecule has 124 valence electrons. The van der Waals surface area contributed by atoms with E-state index in [1.54, 1.807) is 0 Å². The van der Waals surface area contributed by atoms with Crippen LogP contribution in [-0.4, -0.2) is 48.6 Å². The van der Waals surface area contributed by atoms with Crippen molar-refractivity contribution in [2.24, 2.45) is 17.8 Å². The summed E-state index contributed by atoms with van der Waals surface area (Å²) < 4.78 is 0. The van der Waals surface area contributed by atoms with Crippen LogP contribution in [0.4, 0.5) is 0 Å². The minimum atomic E-state index is 0.867. The second-order valence-corrected chi connectivity index (χ2v) is 8.33. The molecule has 1 saturated carbocycles. The molecule has 22 heavy (non-hydrogen) atoms. The maximum Gasteiger partial charge on any atom is 0.0223 e. The number of allylic oxidation sites excluding steroid dienone is 2. The number of fused-ring (bicyclic) bond motifs is 1. The summed E-state index contributed by atoms with van der Waals surface area (Å²) in [6.45, 7) is 6.85. The summed E-state index contributed by atoms with van der Waals surface area (Å²) in [7, 11) is 0. The van der Waals surface area contributed by atoms with E-state index in [0.29, 0.717) is 0 Å². The molecule has 4 rings (SSSR count). The van der Waals surface area contributed by atoms with E-state index in [1.807, 2.05) is 0 Å². The Hall–Kier alpha value is -0.340. The fraction of sp³-hybridized carbons (Fsp3) is 0.900. The normalized spacial score (nSPS) is 40.2. The van der Waals surface area contributed by atoms with Gasteiger partial charge in [0.1, 0.15) is 0 Å². The number of hydrogen-bond acceptors (Lipinski definition) is 2. The van der Waals surface area contributed by atoms with Gasteiger partial charge >= 0.3 is 0 Å². The molecule has 0 radical (unpaired) electrons. The minimum Gasteiger partial charge on any atom is -0.302 e. The molecule has 2 heterocycles. The fourth-order valence-electron chi connectivity index (χ4n) is 5.75. The highest BCUT2D eigenvalue weighted by Gasteiger charge is 2.36. The Balaban J connectivity index is 1.36. The van der Waals surface area contributed by atoms with Crippen LogP contribution in [0.3, 0.4) is 0 Å². The first-order valence-corrected chi connectivity index (χ1v) is 10.0. The van der Waals surface area contributed by atoms with Gasteiger partial charge in [-0.3, -0.25) is 4.90 Å². The summed E-state index contributed by atoms with van der Waals surface area (Å²) in [5, 5.41) is 0. The van der Waals surface area contributed by atoms with Gasteiger partial charge in [-0.1, -0.05) is 18.6 Å². The van der Waals surface area contributed by atoms with Crippen LogP contribution >= 0.6 is 0 Å². The van der Waals surface area contributed by atoms with Crippen molar-refractivity contribution in [2.75, 3.05) is 32.7 Å². The van der Waals surface area contributed by atoms with E-state index in [0.717, 1.165) is 23.8 Å². The third-order valence-electron chi connectivity index (χ3n) is 6.94. The zero-order valence-electron chi connectivity index (χ0n) is 14.3. The third kappa shape index (κ3) is 3.28. The predicted molar refractivity (Wildman–Crippen MR) is 93.0 cm³/mol. The van der Waals surface area contributed by atoms with Gasteiger partial charge in [-0.15, -0.1) is 0 Å². The molecule has 2 saturated heterocycles. The van der Waals surface area contributed by atoms with E-state index in [2.05, 4.69) is 22.0 Å². The molecule has 2 aliphatic carbocycles. The molecule has 0 aromatic heterocycles. The zero-order valence-corrected chi connectivity index (χ0v) is 14.3. The van der Waals surface area contributed by atoms with E-state index >= 15 is 0 Å². The van der Waals surface area contributed by atoms with E-state index < -0.39 is 0 Å². The smallest absolute Gasteiger partial charge is 0.0223 e. The van der Waals surface area contributed by atoms with Gasteiger partial charge in [-0.05, 0) is 88.8 Å². The highest BCUT2D eigenvalue weighted by Crippen LogP contribution is 2.41. The molecule has 0 amide bonds. The van der Waals surface area contributed by atoms with E-state index in [9.17, 15) is 0 Å². The van der Waals surface area contributed by atoms with Crippen molar-refractivity contribution in [3.05, 3.63) is 12.2 Å². The number of rotatable bonds is 4. The Kier molecular flexibility index (Phi) is 4.87. The highest BCUT2D eigenvalue weighted by molar-refractivity contribution is 5.02. The second-order valence-electron chi connectivity index (χ2n) is 8.33. The largest absolute Gasteiger partial charge is 0.302 e. The summed E-state index contributed by atoms with van der Waals surface area (Å²) in [4.78, 5) is 5.61. The molecule has 3 fully saturated rings. The van der Waals surface area contributed by atoms with Crippen LogP contribution in [0.15, 0.2) is 12.2 Å². The van der Waals surface area contributed by atoms with Gasteiger partial charge < -0.3 is 4.90 Å². The number of hydrogen-bond donors (Lipinski definition) is 0. The van der Waals surface area contributed by atoms with Crippen molar-refractivity contribution in [1.29, 1.82) is 0 Å². The van der Waals surface area contributed by atoms with Crippen molar-refractivity contribution in [2.45, 2.75) is 63.8 Å². The average Bonchev–Trinajstić information content (AvgIpc) is 3.21. The lowest BCUT2D eigenvalue weighted by Gasteiger charge is -2.41. The number of likely N-dealkylation sites (tertiary alicyclic amines) is 2. The third-order valence-corrected chi connectivity index (χ3v) is 6.94. The summed E-state index contributed by atoms with van der Waals surface area (Å²) in [6.07, 6.45) is 18.1. The summed E-state index contributed by atoms with van der Waals surface area (Å²) in [6, 6.07) is 0.867. The van der Waals surface area contributed by atoms with Crippen LogP contribution in [0, 0.1) is 17.8 Å². The quantitative estimate of drug-likeness (QED) is 0.726. The Bertz CT molecular complexity index is 385. The van der Waals surface area contributed by atoms with Gasteiger partial charge in [0.15, 0.2) is 0 Å². The molecule has 0 N–H and O–H groups in total. The number of nitrogens with zero attached hydrogens (tertiary/aromatic N) is 2. The van der Waals surface area contributed by atoms with Crippen LogP contribution < -0.4 is 0 Å². The van der Waals surface area contributed by atoms with Gasteiger partial charge in [0.05, 0.1) is 0 Å². The first-order chi connectivity index (χ1) is 10.9. The summed E-state index contributed by atoms with van der Waals surface area (Å²) in [5.74, 6) is 2.88. The highest BCUT2D eigenvalue weighted by atomic mass is 15.2. The second kappa shape index (κ2) is 7.05. The molecule has 2 heteroatoms. The van der Waals surface area contributed by atoms with Gasteiger partial charge in [0, 0.05) is 19.1 Å². The van der Waals surface area contributed by atoms with E-state index in [1.165, 1.54) is 90.5 Å². The first kappa shape index (κ1) is 15.2. The molecule has 4 atom stereocenters. The maximum atomic E-state index is 2.88. The van der Waals surface area contributed by atoms with Gasteiger partial charge in [-0.25, -0.2) is 0 Å². The SMILES string of the molecule is C1=CC2C(CC1)CCCC2CN1CCC[C@H]1CN1CCCC1. The molecular weight excluding hydrogens is 268 g/mol. The maximum absolute atomic E-state index is 2.88. The first-order valence-electron chi connectivity index (χ1n) is 10.0. The molecule has 0 bridgehead atoms. The molecular formula is C20H34N2. The van der Waals surface area contributed by atoms with Gasteiger partial charge in [0.2, 0.25) is 0 Å². The van der Waals surface area contributed by atoms with Crippen molar-refractivity contribution in [3.63, 3.8) is 0 Å². The van der Waals surface area contributed by atoms with Crippen molar-refractivity contribution in [3.8, 4) is 0 Å². The molecule has 3 unspecified atom stereocenters. The lowest BCUT2D eigenvalue weighted by molar-refractivity contribution is 0.106. The Labute approximate surface area is 136 Å². The van der Waals surface area contributed by atoms with Crippen molar-refractivity contribution >= 4 is 0 Å². The molecule has 4 aliphatic rings. The van der Waals surface area contributed by atoms with Gasteiger partial charge in [0.25, 0.3) is 0 Å². The lowest BCUT2D eigenvalue weighted by atomic mass is 9.68. The fourth-order valence-corrected chi connectivity index (χ4v) is 5.75. The van der Waals surface area contributed by atoms with E-state index in [-0.39, 0.29) is 0 Å². The Morgan fingerprint density at radius 1 is 0.818 bits per heavy atom. The molecule has 2 nitrogen and oxygen atoms in total. The molecule has 0 aromatic carbocycles. The molecule has 0 aromatic rings. The molecule has 0 spiro atoms.